The van der Waals surface area contributed by atoms with Crippen molar-refractivity contribution in [3.05, 3.63) is 12.7 Å². The Morgan fingerprint density at radius 1 is 1.41 bits per heavy atom. The Hall–Kier alpha value is -1.70. The number of rotatable bonds is 8. The zero-order chi connectivity index (χ0) is 19.6. The Kier molecular flexibility index (Phi) is 6.03. The van der Waals surface area contributed by atoms with Crippen molar-refractivity contribution in [1.29, 1.82) is 0 Å². The summed E-state index contributed by atoms with van der Waals surface area (Å²) in [7, 11) is -4.48. The number of hydrogen-bond acceptors (Lipinski definition) is 11. The van der Waals surface area contributed by atoms with E-state index in [0.717, 1.165) is 0 Å². The molecule has 2 aromatic rings. The van der Waals surface area contributed by atoms with Gasteiger partial charge in [0.25, 0.3) is 0 Å². The molecule has 0 aromatic carbocycles. The molecule has 150 valence electrons. The first-order valence-corrected chi connectivity index (χ1v) is 9.47. The number of nitrogens with zero attached hydrogens (tertiary/aromatic N) is 4. The van der Waals surface area contributed by atoms with E-state index in [9.17, 15) is 14.6 Å². The Balaban J connectivity index is 1.61. The molecular weight excluding hydrogens is 385 g/mol. The van der Waals surface area contributed by atoms with Crippen LogP contribution in [0.15, 0.2) is 12.7 Å². The van der Waals surface area contributed by atoms with E-state index in [1.165, 1.54) is 12.7 Å². The molecule has 13 nitrogen and oxygen atoms in total. The van der Waals surface area contributed by atoms with Gasteiger partial charge in [-0.15, -0.1) is 0 Å². The van der Waals surface area contributed by atoms with Crippen molar-refractivity contribution in [3.8, 4) is 0 Å². The van der Waals surface area contributed by atoms with Crippen LogP contribution in [0.5, 0.6) is 0 Å². The van der Waals surface area contributed by atoms with Crippen LogP contribution in [-0.2, 0) is 18.3 Å². The van der Waals surface area contributed by atoms with E-state index in [-0.39, 0.29) is 12.2 Å². The number of aliphatic hydroxyl groups excluding tert-OH is 3. The van der Waals surface area contributed by atoms with Gasteiger partial charge in [0.05, 0.1) is 32.3 Å². The maximum absolute atomic E-state index is 11.8. The number of phosphoric ester groups is 1. The van der Waals surface area contributed by atoms with Crippen molar-refractivity contribution in [2.45, 2.75) is 31.0 Å². The average molecular weight is 405 g/mol. The van der Waals surface area contributed by atoms with Gasteiger partial charge in [0.2, 0.25) is 0 Å². The highest BCUT2D eigenvalue weighted by Gasteiger charge is 2.38. The van der Waals surface area contributed by atoms with Crippen molar-refractivity contribution in [3.63, 3.8) is 0 Å². The van der Waals surface area contributed by atoms with E-state index in [4.69, 9.17) is 25.2 Å². The molecule has 0 radical (unpaired) electrons. The first-order chi connectivity index (χ1) is 12.8. The van der Waals surface area contributed by atoms with Gasteiger partial charge in [0, 0.05) is 6.42 Å². The lowest BCUT2D eigenvalue weighted by atomic mass is 10.2. The highest BCUT2D eigenvalue weighted by Crippen LogP contribution is 2.44. The highest BCUT2D eigenvalue weighted by molar-refractivity contribution is 7.47. The smallest absolute Gasteiger partial charge is 0.394 e. The Bertz CT molecular complexity index is 834. The minimum absolute atomic E-state index is 0.170. The van der Waals surface area contributed by atoms with Crippen molar-refractivity contribution >= 4 is 24.8 Å². The molecule has 3 rings (SSSR count). The summed E-state index contributed by atoms with van der Waals surface area (Å²) in [4.78, 5) is 21.6. The number of fused-ring (bicyclic) bond motifs is 1. The van der Waals surface area contributed by atoms with E-state index in [0.29, 0.717) is 11.2 Å². The Labute approximate surface area is 153 Å². The minimum Gasteiger partial charge on any atom is -0.394 e. The molecule has 6 N–H and O–H groups in total. The summed E-state index contributed by atoms with van der Waals surface area (Å²) in [6, 6.07) is 0. The molecule has 27 heavy (non-hydrogen) atoms. The number of imidazole rings is 1. The Morgan fingerprint density at radius 3 is 2.93 bits per heavy atom. The zero-order valence-corrected chi connectivity index (χ0v) is 14.9. The minimum atomic E-state index is -4.48. The predicted octanol–water partition coefficient (Wildman–Crippen LogP) is -1.46. The van der Waals surface area contributed by atoms with E-state index in [1.807, 2.05) is 0 Å². The zero-order valence-electron chi connectivity index (χ0n) is 14.0. The molecule has 1 saturated heterocycles. The second-order valence-corrected chi connectivity index (χ2v) is 7.37. The molecule has 0 bridgehead atoms. The molecule has 0 spiro atoms. The largest absolute Gasteiger partial charge is 0.472 e. The van der Waals surface area contributed by atoms with Gasteiger partial charge in [0.1, 0.15) is 30.3 Å². The monoisotopic (exact) mass is 405 g/mol. The van der Waals surface area contributed by atoms with Gasteiger partial charge in [-0.3, -0.25) is 13.6 Å². The van der Waals surface area contributed by atoms with Crippen LogP contribution in [0, 0.1) is 0 Å². The van der Waals surface area contributed by atoms with Gasteiger partial charge in [-0.2, -0.15) is 0 Å². The van der Waals surface area contributed by atoms with E-state index >= 15 is 0 Å². The van der Waals surface area contributed by atoms with Crippen LogP contribution >= 0.6 is 7.82 Å². The van der Waals surface area contributed by atoms with E-state index in [2.05, 4.69) is 19.5 Å². The number of phosphoric acid groups is 1. The van der Waals surface area contributed by atoms with Gasteiger partial charge in [-0.25, -0.2) is 19.5 Å². The van der Waals surface area contributed by atoms with Gasteiger partial charge in [0.15, 0.2) is 11.5 Å². The summed E-state index contributed by atoms with van der Waals surface area (Å²) in [6.45, 7) is -1.63. The van der Waals surface area contributed by atoms with Crippen LogP contribution in [-0.4, -0.2) is 77.9 Å². The lowest BCUT2D eigenvalue weighted by molar-refractivity contribution is -0.0458. The average Bonchev–Trinajstić information content (AvgIpc) is 3.22. The second-order valence-electron chi connectivity index (χ2n) is 5.91. The third-order valence-electron chi connectivity index (χ3n) is 3.94. The fraction of sp³-hybridized carbons (Fsp3) is 0.615. The van der Waals surface area contributed by atoms with Crippen molar-refractivity contribution in [1.82, 2.24) is 19.5 Å². The van der Waals surface area contributed by atoms with Crippen molar-refractivity contribution < 1.29 is 38.6 Å². The highest BCUT2D eigenvalue weighted by atomic mass is 31.2. The molecule has 0 saturated carbocycles. The van der Waals surface area contributed by atoms with Crippen LogP contribution < -0.4 is 5.73 Å². The number of nitrogen functional groups attached to an aromatic ring is 1. The molecule has 0 aliphatic carbocycles. The quantitative estimate of drug-likeness (QED) is 0.321. The Morgan fingerprint density at radius 2 is 2.19 bits per heavy atom. The first-order valence-electron chi connectivity index (χ1n) is 7.98. The molecule has 1 aliphatic heterocycles. The standard InChI is InChI=1S/C13H20N5O8P/c14-12-11-13(16-5-15-12)18(6-17-11)10-1-8(21)9(26-10)4-25-27(22,23)24-3-7(20)2-19/h5-10,19-21H,1-4H2,(H,22,23)(H2,14,15,16)/t7-,8+,9-,10-/m1/s1. The summed E-state index contributed by atoms with van der Waals surface area (Å²) < 4.78 is 28.3. The van der Waals surface area contributed by atoms with Crippen LogP contribution in [0.3, 0.4) is 0 Å². The van der Waals surface area contributed by atoms with E-state index in [1.54, 1.807) is 4.57 Å². The fourth-order valence-corrected chi connectivity index (χ4v) is 3.32. The summed E-state index contributed by atoms with van der Waals surface area (Å²) in [6.07, 6.45) is -0.926. The van der Waals surface area contributed by atoms with Gasteiger partial charge in [-0.1, -0.05) is 0 Å². The molecule has 3 heterocycles. The maximum atomic E-state index is 11.8. The number of aromatic nitrogens is 4. The number of nitrogens with two attached hydrogens (primary N) is 1. The van der Waals surface area contributed by atoms with Crippen LogP contribution in [0.25, 0.3) is 11.2 Å². The summed E-state index contributed by atoms with van der Waals surface area (Å²) in [5.41, 5.74) is 6.56. The third-order valence-corrected chi connectivity index (χ3v) is 4.89. The van der Waals surface area contributed by atoms with Crippen molar-refractivity contribution in [2.24, 2.45) is 0 Å². The summed E-state index contributed by atoms with van der Waals surface area (Å²) >= 11 is 0. The van der Waals surface area contributed by atoms with Crippen LogP contribution in [0.1, 0.15) is 12.6 Å². The maximum Gasteiger partial charge on any atom is 0.472 e. The summed E-state index contributed by atoms with van der Waals surface area (Å²) in [5, 5.41) is 28.0. The molecule has 2 aromatic heterocycles. The molecule has 14 heteroatoms. The normalized spacial score (nSPS) is 26.3. The molecule has 1 fully saturated rings. The van der Waals surface area contributed by atoms with E-state index < -0.39 is 52.2 Å². The fourth-order valence-electron chi connectivity index (χ4n) is 2.55. The molecule has 1 aliphatic rings. The first kappa shape index (κ1) is 20.0. The number of hydrogen-bond donors (Lipinski definition) is 5. The lowest BCUT2D eigenvalue weighted by Gasteiger charge is -2.18. The number of anilines is 1. The van der Waals surface area contributed by atoms with Crippen LogP contribution in [0.2, 0.25) is 0 Å². The lowest BCUT2D eigenvalue weighted by Crippen LogP contribution is -2.26. The predicted molar refractivity (Wildman–Crippen MR) is 89.1 cm³/mol. The van der Waals surface area contributed by atoms with Gasteiger partial charge < -0.3 is 30.7 Å². The summed E-state index contributed by atoms with van der Waals surface area (Å²) in [5.74, 6) is 0.209. The molecular formula is C13H20N5O8P. The topological polar surface area (TPSA) is 195 Å². The molecule has 0 amide bonds. The van der Waals surface area contributed by atoms with Crippen molar-refractivity contribution in [2.75, 3.05) is 25.6 Å². The second kappa shape index (κ2) is 8.12. The van der Waals surface area contributed by atoms with Gasteiger partial charge >= 0.3 is 7.82 Å². The molecule has 1 unspecified atom stereocenters. The number of ether oxygens (including phenoxy) is 1. The SMILES string of the molecule is Nc1ncnc2c1ncn2[C@H]1C[C@H](O)[C@@H](COP(=O)(O)OC[C@H](O)CO)O1. The van der Waals surface area contributed by atoms with Gasteiger partial charge in [-0.05, 0) is 0 Å². The molecule has 5 atom stereocenters. The van der Waals surface area contributed by atoms with Crippen LogP contribution in [0.4, 0.5) is 5.82 Å². The third kappa shape index (κ3) is 4.59. The number of aliphatic hydroxyl groups is 3.